The average molecular weight is 1830 g/mol. The van der Waals surface area contributed by atoms with Crippen molar-refractivity contribution >= 4 is 158 Å². The summed E-state index contributed by atoms with van der Waals surface area (Å²) >= 11 is 25.0. The molecule has 0 unspecified atom stereocenters. The first kappa shape index (κ1) is 98.6. The molecule has 0 saturated heterocycles. The first-order valence-corrected chi connectivity index (χ1v) is 38.8. The number of nitrogens with zero attached hydrogens (tertiary/aromatic N) is 2. The summed E-state index contributed by atoms with van der Waals surface area (Å²) in [6.07, 6.45) is 3.27. The number of fused-ring (bicyclic) bond motifs is 2. The van der Waals surface area contributed by atoms with E-state index in [1.165, 1.54) is 61.7 Å². The zero-order chi connectivity index (χ0) is 75.8. The third-order valence-electron chi connectivity index (χ3n) is 12.9. The Hall–Kier alpha value is -5.46. The summed E-state index contributed by atoms with van der Waals surface area (Å²) in [6, 6.07) is 41.7. The van der Waals surface area contributed by atoms with Crippen LogP contribution in [0.25, 0.3) is 0 Å². The summed E-state index contributed by atoms with van der Waals surface area (Å²) in [6.45, 7) is 12.4. The minimum atomic E-state index is -1.11. The van der Waals surface area contributed by atoms with Crippen molar-refractivity contribution in [3.63, 3.8) is 0 Å². The van der Waals surface area contributed by atoms with E-state index in [2.05, 4.69) is 83.1 Å². The van der Waals surface area contributed by atoms with Gasteiger partial charge in [-0.3, -0.25) is 49.3 Å². The van der Waals surface area contributed by atoms with E-state index in [9.17, 15) is 69.5 Å². The monoisotopic (exact) mass is 1820 g/mol. The predicted molar refractivity (Wildman–Crippen MR) is 404 cm³/mol. The van der Waals surface area contributed by atoms with Gasteiger partial charge in [-0.05, 0) is 222 Å². The summed E-state index contributed by atoms with van der Waals surface area (Å²) in [5, 5.41) is 9.05. The molecule has 30 heteroatoms. The number of hydrogen-bond donors (Lipinski definition) is 2. The number of alkyl halides is 4. The van der Waals surface area contributed by atoms with Gasteiger partial charge in [0.2, 0.25) is 4.69 Å². The Morgan fingerprint density at radius 2 is 0.843 bits per heavy atom. The standard InChI is InChI=1S/C16H11BrFNO2.C16H12FNO2.C9H9FO2.C8H6BrFO.C8H7FO2.C8H4O2.C4H10O.CH2Cl2.CH3F.CH4.Br3P.K.H3N/c17-8-11-6-5-10(7-14(11)18)9-19-15(20)12-3-1-2-4-13(12)16(19)21;1-10-6-7-11(8-14(10)17)9-18-15(19)12-4-2-3-5-13(12)16(18)20;1-6-3-4-7(5-8(6)10)9(11)12-2;1-5-2-3-6(8(9)11)4-7(5)10;1-5-2-3-6(8(10)11)4-7(5)9;9-5-7-3-1-2-4-8(7)6-10;1-3-5-4-2;2-1-3;1-2;;1-4(2)3;;/h1-7H,8-9H2;2-8H,9H2,1H3;3-5H,1-2H3;2-4H,1H3;2-4H,1H3,(H,10,11);1-4H;3-4H2,1-2H3;1H2;1H3;1H4;;;1H3/q;;;;;-2;;;;;;+1;/i;;;;;;;;1D;;;;. The van der Waals surface area contributed by atoms with Crippen LogP contribution in [-0.4, -0.2) is 101 Å². The van der Waals surface area contributed by atoms with Gasteiger partial charge >= 0.3 is 63.3 Å². The molecule has 2 aliphatic heterocycles. The van der Waals surface area contributed by atoms with Crippen LogP contribution >= 0.6 is 106 Å². The number of rotatable bonds is 12. The molecule has 0 spiro atoms. The van der Waals surface area contributed by atoms with E-state index in [4.69, 9.17) is 34.4 Å². The van der Waals surface area contributed by atoms with Gasteiger partial charge in [0.05, 0.1) is 67.4 Å². The second-order valence-electron chi connectivity index (χ2n) is 19.4. The van der Waals surface area contributed by atoms with E-state index < -0.39 is 30.7 Å². The Balaban J connectivity index is -0.00000114. The van der Waals surface area contributed by atoms with Crippen molar-refractivity contribution in [1.82, 2.24) is 16.0 Å². The van der Waals surface area contributed by atoms with Crippen LogP contribution < -0.4 is 57.5 Å². The molecular weight excluding hydrogens is 1750 g/mol. The molecule has 0 bridgehead atoms. The molecule has 8 aromatic carbocycles. The van der Waals surface area contributed by atoms with Gasteiger partial charge in [0.1, 0.15) is 33.1 Å². The quantitative estimate of drug-likeness (QED) is 0.0169. The number of carboxylic acid groups (broad SMARTS) is 1. The van der Waals surface area contributed by atoms with Gasteiger partial charge in [-0.2, -0.15) is 0 Å². The number of carbonyl (C=O) groups is 7. The van der Waals surface area contributed by atoms with Crippen LogP contribution in [0.2, 0.25) is 0 Å². The van der Waals surface area contributed by atoms with Gasteiger partial charge in [-0.25, -0.2) is 43.7 Å². The maximum Gasteiger partial charge on any atom is 1.00 e. The van der Waals surface area contributed by atoms with Crippen molar-refractivity contribution in [2.75, 3.05) is 32.8 Å². The summed E-state index contributed by atoms with van der Waals surface area (Å²) in [5.74, 6) is -4.85. The number of methoxy groups -OCH3 is 1. The predicted octanol–water partition coefficient (Wildman–Crippen LogP) is 17.7. The molecule has 102 heavy (non-hydrogen) atoms. The van der Waals surface area contributed by atoms with Crippen molar-refractivity contribution in [1.29, 1.82) is 0 Å². The SMILES string of the molecule is BrP(Br)Br.C.CCOCC.COC(=O)c1ccc(C)c(F)c1.Cc1ccc(C(=O)Br)cc1F.Cc1ccc(C(=O)O)cc1F.Cc1ccc(CN2C(=O)c3ccccc3C2=O)cc1F.ClCCl.N.O=C1c2ccccc2C(=O)N1Cc1ccc(CBr)c(F)c1.O=[C-]c1ccccc1[C-]=O.[2H]CF.[K+]. The fourth-order valence-electron chi connectivity index (χ4n) is 7.81. The van der Waals surface area contributed by atoms with Crippen LogP contribution in [0.15, 0.2) is 164 Å². The fourth-order valence-corrected chi connectivity index (χ4v) is 8.51. The number of aryl methyl sites for hydroxylation is 4. The zero-order valence-corrected chi connectivity index (χ0v) is 68.9. The molecule has 0 radical (unpaired) electrons. The molecule has 0 aliphatic carbocycles. The van der Waals surface area contributed by atoms with Crippen molar-refractivity contribution in [2.24, 2.45) is 0 Å². The second kappa shape index (κ2) is 55.1. The maximum atomic E-state index is 13.8. The van der Waals surface area contributed by atoms with E-state index in [0.717, 1.165) is 29.1 Å². The van der Waals surface area contributed by atoms with Crippen LogP contribution in [0, 0.1) is 56.8 Å². The molecule has 4 amide bonds. The smallest absolute Gasteiger partial charge is 0.478 e. The number of hydrogen-bond acceptors (Lipinski definition) is 12. The van der Waals surface area contributed by atoms with E-state index >= 15 is 0 Å². The Kier molecular flexibility index (Phi) is 53.2. The molecule has 0 saturated carbocycles. The number of aromatic carboxylic acids is 1. The van der Waals surface area contributed by atoms with Crippen molar-refractivity contribution in [3.8, 4) is 0 Å². The van der Waals surface area contributed by atoms with Gasteiger partial charge in [0.25, 0.3) is 23.6 Å². The molecule has 2 aliphatic rings. The van der Waals surface area contributed by atoms with Crippen LogP contribution in [-0.2, 0) is 37.5 Å². The van der Waals surface area contributed by atoms with Gasteiger partial charge < -0.3 is 30.3 Å². The molecule has 544 valence electrons. The Morgan fingerprint density at radius 3 is 1.13 bits per heavy atom. The van der Waals surface area contributed by atoms with Crippen molar-refractivity contribution in [3.05, 3.63) is 282 Å². The molecule has 15 nitrogen and oxygen atoms in total. The Morgan fingerprint density at radius 1 is 0.549 bits per heavy atom. The number of imide groups is 2. The Bertz CT molecular complexity index is 3910. The van der Waals surface area contributed by atoms with Crippen LogP contribution in [0.1, 0.15) is 145 Å². The normalized spacial score (nSPS) is 10.7. The van der Waals surface area contributed by atoms with Crippen LogP contribution in [0.3, 0.4) is 0 Å². The average Bonchev–Trinajstić information content (AvgIpc) is 1.64. The first-order chi connectivity index (χ1) is 47.4. The number of carboxylic acids is 1. The first-order valence-electron chi connectivity index (χ1n) is 29.1. The third kappa shape index (κ3) is 34.6. The molecule has 0 atom stereocenters. The number of benzene rings is 8. The number of amides is 4. The van der Waals surface area contributed by atoms with Crippen molar-refractivity contribution < 1.29 is 137 Å². The number of ether oxygens (including phenoxy) is 2. The largest absolute Gasteiger partial charge is 1.00 e. The molecule has 8 aromatic rings. The molecule has 10 rings (SSSR count). The van der Waals surface area contributed by atoms with Crippen molar-refractivity contribution in [2.45, 2.75) is 67.4 Å². The van der Waals surface area contributed by atoms with Gasteiger partial charge in [0, 0.05) is 24.1 Å². The van der Waals surface area contributed by atoms with E-state index in [-0.39, 0.29) is 155 Å². The molecule has 0 fully saturated rings. The van der Waals surface area contributed by atoms with E-state index in [1.807, 2.05) is 13.8 Å². The maximum absolute atomic E-state index is 13.8. The zero-order valence-electron chi connectivity index (χ0n) is 56.4. The Labute approximate surface area is 685 Å². The molecule has 0 aromatic heterocycles. The molecule has 2 heterocycles. The number of halogens is 13. The van der Waals surface area contributed by atoms with Crippen LogP contribution in [0.4, 0.5) is 26.3 Å². The third-order valence-corrected chi connectivity index (χ3v) is 14.0. The van der Waals surface area contributed by atoms with Crippen LogP contribution in [0.5, 0.6) is 0 Å². The number of esters is 1. The molecule has 4 N–H and O–H groups in total. The second-order valence-corrected chi connectivity index (χ2v) is 36.8. The minimum absolute atomic E-state index is 0. The van der Waals surface area contributed by atoms with E-state index in [0.29, 0.717) is 72.1 Å². The summed E-state index contributed by atoms with van der Waals surface area (Å²) in [7, 11) is 0.264. The van der Waals surface area contributed by atoms with Gasteiger partial charge in [-0.1, -0.05) is 96.2 Å². The van der Waals surface area contributed by atoms with E-state index in [1.54, 1.807) is 143 Å². The summed E-state index contributed by atoms with van der Waals surface area (Å²) in [4.78, 5) is 103. The van der Waals surface area contributed by atoms with Gasteiger partial charge in [-0.15, -0.1) is 35.3 Å². The minimum Gasteiger partial charge on any atom is -0.478 e. The summed E-state index contributed by atoms with van der Waals surface area (Å²) in [5.41, 5.74) is 6.48. The van der Waals surface area contributed by atoms with Gasteiger partial charge in [0.15, 0.2) is 0 Å². The number of carbonyl (C=O) groups excluding carboxylic acids is 8. The molecular formula is C72H71Br5Cl2F6KN3O12P-. The summed E-state index contributed by atoms with van der Waals surface area (Å²) < 4.78 is 89.9. The topological polar surface area (TPSA) is 234 Å². The fraction of sp³-hybridized carbons (Fsp3) is 0.208.